The zero-order chi connectivity index (χ0) is 11.7. The summed E-state index contributed by atoms with van der Waals surface area (Å²) in [6.07, 6.45) is 4.89. The number of benzene rings is 1. The van der Waals surface area contributed by atoms with Crippen molar-refractivity contribution >= 4 is 10.9 Å². The smallest absolute Gasteiger partial charge is 0.0485 e. The van der Waals surface area contributed by atoms with Crippen LogP contribution in [0.1, 0.15) is 25.0 Å². The highest BCUT2D eigenvalue weighted by Gasteiger charge is 2.19. The molecule has 3 rings (SSSR count). The number of nitrogens with zero attached hydrogens (tertiary/aromatic N) is 1. The lowest BCUT2D eigenvalue weighted by Crippen LogP contribution is -2.19. The number of aromatic nitrogens is 1. The van der Waals surface area contributed by atoms with Crippen LogP contribution in [0.15, 0.2) is 30.3 Å². The fraction of sp³-hybridized carbons (Fsp3) is 0.467. The number of aliphatic hydroxyl groups excluding tert-OH is 1. The van der Waals surface area contributed by atoms with Gasteiger partial charge in [-0.05, 0) is 36.3 Å². The van der Waals surface area contributed by atoms with Crippen molar-refractivity contribution in [2.45, 2.75) is 32.2 Å². The van der Waals surface area contributed by atoms with Crippen molar-refractivity contribution in [1.29, 1.82) is 0 Å². The summed E-state index contributed by atoms with van der Waals surface area (Å²) in [5.41, 5.74) is 2.60. The molecule has 0 atom stereocenters. The summed E-state index contributed by atoms with van der Waals surface area (Å²) < 4.78 is 2.41. The topological polar surface area (TPSA) is 25.2 Å². The van der Waals surface area contributed by atoms with Crippen molar-refractivity contribution < 1.29 is 5.11 Å². The lowest BCUT2D eigenvalue weighted by atomic mass is 9.85. The average molecular weight is 229 g/mol. The number of hydrogen-bond donors (Lipinski definition) is 1. The molecule has 2 heteroatoms. The molecule has 1 fully saturated rings. The van der Waals surface area contributed by atoms with Crippen LogP contribution < -0.4 is 0 Å². The molecular weight excluding hydrogens is 210 g/mol. The minimum Gasteiger partial charge on any atom is -0.396 e. The second-order valence-corrected chi connectivity index (χ2v) is 5.08. The Labute approximate surface area is 102 Å². The van der Waals surface area contributed by atoms with Gasteiger partial charge in [-0.1, -0.05) is 24.6 Å². The highest BCUT2D eigenvalue weighted by molar-refractivity contribution is 5.81. The maximum absolute atomic E-state index is 9.16. The molecule has 90 valence electrons. The Morgan fingerprint density at radius 2 is 2.06 bits per heavy atom. The van der Waals surface area contributed by atoms with Gasteiger partial charge in [-0.15, -0.1) is 0 Å². The number of para-hydroxylation sites is 1. The van der Waals surface area contributed by atoms with E-state index in [2.05, 4.69) is 34.9 Å². The Kier molecular flexibility index (Phi) is 2.89. The molecule has 1 N–H and O–H groups in total. The number of hydrogen-bond acceptors (Lipinski definition) is 1. The van der Waals surface area contributed by atoms with Crippen LogP contribution in [0.25, 0.3) is 10.9 Å². The summed E-state index contributed by atoms with van der Waals surface area (Å²) in [5, 5.41) is 10.5. The molecule has 0 saturated heterocycles. The fourth-order valence-corrected chi connectivity index (χ4v) is 2.74. The van der Waals surface area contributed by atoms with Crippen LogP contribution >= 0.6 is 0 Å². The Morgan fingerprint density at radius 1 is 1.24 bits per heavy atom. The maximum Gasteiger partial charge on any atom is 0.0485 e. The first-order chi connectivity index (χ1) is 8.38. The normalized spacial score (nSPS) is 16.3. The van der Waals surface area contributed by atoms with E-state index in [4.69, 9.17) is 5.11 Å². The van der Waals surface area contributed by atoms with Gasteiger partial charge in [0.15, 0.2) is 0 Å². The Morgan fingerprint density at radius 3 is 2.76 bits per heavy atom. The second kappa shape index (κ2) is 4.53. The van der Waals surface area contributed by atoms with Crippen LogP contribution in [-0.4, -0.2) is 16.3 Å². The molecule has 0 radical (unpaired) electrons. The van der Waals surface area contributed by atoms with E-state index in [1.807, 2.05) is 0 Å². The second-order valence-electron chi connectivity index (χ2n) is 5.08. The highest BCUT2D eigenvalue weighted by atomic mass is 16.3. The van der Waals surface area contributed by atoms with E-state index >= 15 is 0 Å². The summed E-state index contributed by atoms with van der Waals surface area (Å²) in [6.45, 7) is 1.36. The molecule has 0 spiro atoms. The zero-order valence-corrected chi connectivity index (χ0v) is 10.1. The van der Waals surface area contributed by atoms with E-state index in [0.717, 1.165) is 18.9 Å². The molecule has 1 aromatic heterocycles. The molecule has 1 heterocycles. The molecule has 1 aromatic carbocycles. The largest absolute Gasteiger partial charge is 0.396 e. The van der Waals surface area contributed by atoms with Crippen molar-refractivity contribution in [3.05, 3.63) is 36.0 Å². The molecule has 1 aliphatic carbocycles. The minimum atomic E-state index is 0.237. The SMILES string of the molecule is OCCc1cc2ccccc2n1CC1CCC1. The van der Waals surface area contributed by atoms with Crippen molar-refractivity contribution in [2.75, 3.05) is 6.61 Å². The van der Waals surface area contributed by atoms with Crippen molar-refractivity contribution in [2.24, 2.45) is 5.92 Å². The standard InChI is InChI=1S/C15H19NO/c17-9-8-14-10-13-6-1-2-7-15(13)16(14)11-12-4-3-5-12/h1-2,6-7,10,12,17H,3-5,8-9,11H2. The predicted octanol–water partition coefficient (Wildman–Crippen LogP) is 2.98. The molecule has 0 bridgehead atoms. The minimum absolute atomic E-state index is 0.237. The monoisotopic (exact) mass is 229 g/mol. The van der Waals surface area contributed by atoms with Gasteiger partial charge in [-0.25, -0.2) is 0 Å². The zero-order valence-electron chi connectivity index (χ0n) is 10.1. The summed E-state index contributed by atoms with van der Waals surface area (Å²) in [7, 11) is 0. The Bertz CT molecular complexity index is 511. The number of aliphatic hydroxyl groups is 1. The maximum atomic E-state index is 9.16. The van der Waals surface area contributed by atoms with Gasteiger partial charge in [0.25, 0.3) is 0 Å². The van der Waals surface area contributed by atoms with Crippen molar-refractivity contribution in [3.8, 4) is 0 Å². The van der Waals surface area contributed by atoms with Crippen molar-refractivity contribution in [3.63, 3.8) is 0 Å². The summed E-state index contributed by atoms with van der Waals surface area (Å²) >= 11 is 0. The van der Waals surface area contributed by atoms with E-state index in [1.165, 1.54) is 35.9 Å². The van der Waals surface area contributed by atoms with Gasteiger partial charge in [-0.3, -0.25) is 0 Å². The van der Waals surface area contributed by atoms with Crippen LogP contribution in [0.3, 0.4) is 0 Å². The van der Waals surface area contributed by atoms with Gasteiger partial charge in [0.2, 0.25) is 0 Å². The molecule has 2 aromatic rings. The van der Waals surface area contributed by atoms with Crippen LogP contribution in [0.5, 0.6) is 0 Å². The Balaban J connectivity index is 2.00. The molecule has 0 unspecified atom stereocenters. The van der Waals surface area contributed by atoms with Gasteiger partial charge >= 0.3 is 0 Å². The van der Waals surface area contributed by atoms with Gasteiger partial charge in [0.05, 0.1) is 0 Å². The summed E-state index contributed by atoms with van der Waals surface area (Å²) in [5.74, 6) is 0.850. The lowest BCUT2D eigenvalue weighted by Gasteiger charge is -2.27. The lowest BCUT2D eigenvalue weighted by molar-refractivity contribution is 0.269. The van der Waals surface area contributed by atoms with Crippen LogP contribution in [0.2, 0.25) is 0 Å². The molecule has 17 heavy (non-hydrogen) atoms. The van der Waals surface area contributed by atoms with Crippen LogP contribution in [-0.2, 0) is 13.0 Å². The third-order valence-electron chi connectivity index (χ3n) is 3.93. The number of rotatable bonds is 4. The van der Waals surface area contributed by atoms with Gasteiger partial charge in [-0.2, -0.15) is 0 Å². The highest BCUT2D eigenvalue weighted by Crippen LogP contribution is 2.30. The van der Waals surface area contributed by atoms with E-state index in [1.54, 1.807) is 0 Å². The van der Waals surface area contributed by atoms with Crippen LogP contribution in [0.4, 0.5) is 0 Å². The molecule has 0 aliphatic heterocycles. The van der Waals surface area contributed by atoms with Crippen molar-refractivity contribution in [1.82, 2.24) is 4.57 Å². The molecule has 0 amide bonds. The quantitative estimate of drug-likeness (QED) is 0.856. The van der Waals surface area contributed by atoms with Gasteiger partial charge in [0.1, 0.15) is 0 Å². The molecule has 2 nitrogen and oxygen atoms in total. The van der Waals surface area contributed by atoms with Gasteiger partial charge in [0, 0.05) is 30.8 Å². The fourth-order valence-electron chi connectivity index (χ4n) is 2.74. The van der Waals surface area contributed by atoms with E-state index in [-0.39, 0.29) is 6.61 Å². The Hall–Kier alpha value is -1.28. The first-order valence-electron chi connectivity index (χ1n) is 6.56. The third kappa shape index (κ3) is 1.98. The predicted molar refractivity (Wildman–Crippen MR) is 70.1 cm³/mol. The first-order valence-corrected chi connectivity index (χ1v) is 6.56. The summed E-state index contributed by atoms with van der Waals surface area (Å²) in [4.78, 5) is 0. The molecular formula is C15H19NO. The van der Waals surface area contributed by atoms with E-state index in [0.29, 0.717) is 0 Å². The van der Waals surface area contributed by atoms with Gasteiger partial charge < -0.3 is 9.67 Å². The number of fused-ring (bicyclic) bond motifs is 1. The molecule has 1 saturated carbocycles. The van der Waals surface area contributed by atoms with Crippen LogP contribution in [0, 0.1) is 5.92 Å². The first kappa shape index (κ1) is 10.8. The third-order valence-corrected chi connectivity index (χ3v) is 3.93. The summed E-state index contributed by atoms with van der Waals surface area (Å²) in [6, 6.07) is 10.8. The van der Waals surface area contributed by atoms with E-state index in [9.17, 15) is 0 Å². The average Bonchev–Trinajstić information content (AvgIpc) is 2.62. The molecule has 1 aliphatic rings. The van der Waals surface area contributed by atoms with E-state index < -0.39 is 0 Å².